The predicted molar refractivity (Wildman–Crippen MR) is 79.2 cm³/mol. The molecule has 2 heterocycles. The standard InChI is InChI=1S/C15H24N4/c1-3-12(2)19-13(11-16)10-14(17)15(19)18-8-6-4-5-7-9-18/h10,12H,3-9,17H2,1-2H3. The van der Waals surface area contributed by atoms with E-state index in [0.29, 0.717) is 11.7 Å². The number of aromatic nitrogens is 1. The van der Waals surface area contributed by atoms with Crippen molar-refractivity contribution in [3.63, 3.8) is 0 Å². The van der Waals surface area contributed by atoms with E-state index in [4.69, 9.17) is 5.73 Å². The van der Waals surface area contributed by atoms with E-state index in [-0.39, 0.29) is 0 Å². The molecular formula is C15H24N4. The predicted octanol–water partition coefficient (Wildman–Crippen LogP) is 3.29. The molecule has 2 N–H and O–H groups in total. The van der Waals surface area contributed by atoms with Crippen molar-refractivity contribution in [3.05, 3.63) is 11.8 Å². The smallest absolute Gasteiger partial charge is 0.133 e. The molecule has 1 fully saturated rings. The van der Waals surface area contributed by atoms with Crippen LogP contribution in [-0.4, -0.2) is 17.7 Å². The second-order valence-corrected chi connectivity index (χ2v) is 5.45. The van der Waals surface area contributed by atoms with Crippen LogP contribution in [0, 0.1) is 11.3 Å². The minimum atomic E-state index is 0.310. The van der Waals surface area contributed by atoms with Gasteiger partial charge in [0.05, 0.1) is 5.69 Å². The molecule has 2 rings (SSSR count). The van der Waals surface area contributed by atoms with Crippen LogP contribution in [0.2, 0.25) is 0 Å². The van der Waals surface area contributed by atoms with Crippen molar-refractivity contribution in [2.75, 3.05) is 23.7 Å². The Bertz CT molecular complexity index is 461. The zero-order valence-corrected chi connectivity index (χ0v) is 12.0. The molecule has 1 atom stereocenters. The van der Waals surface area contributed by atoms with Crippen molar-refractivity contribution in [1.82, 2.24) is 4.57 Å². The highest BCUT2D eigenvalue weighted by Crippen LogP contribution is 2.33. The van der Waals surface area contributed by atoms with Crippen LogP contribution in [0.15, 0.2) is 6.07 Å². The molecule has 4 nitrogen and oxygen atoms in total. The maximum absolute atomic E-state index is 9.31. The minimum Gasteiger partial charge on any atom is -0.396 e. The number of hydrogen-bond donors (Lipinski definition) is 1. The number of anilines is 2. The molecule has 0 saturated carbocycles. The summed E-state index contributed by atoms with van der Waals surface area (Å²) in [6.07, 6.45) is 6.03. The summed E-state index contributed by atoms with van der Waals surface area (Å²) in [5, 5.41) is 9.31. The molecule has 104 valence electrons. The quantitative estimate of drug-likeness (QED) is 0.907. The Kier molecular flexibility index (Phi) is 4.36. The van der Waals surface area contributed by atoms with Gasteiger partial charge in [0.15, 0.2) is 0 Å². The first-order chi connectivity index (χ1) is 9.19. The lowest BCUT2D eigenvalue weighted by Crippen LogP contribution is -2.28. The third-order valence-corrected chi connectivity index (χ3v) is 4.09. The average molecular weight is 260 g/mol. The first-order valence-corrected chi connectivity index (χ1v) is 7.34. The average Bonchev–Trinajstić information content (AvgIpc) is 2.60. The van der Waals surface area contributed by atoms with Gasteiger partial charge in [-0.2, -0.15) is 5.26 Å². The summed E-state index contributed by atoms with van der Waals surface area (Å²) in [5.74, 6) is 1.06. The van der Waals surface area contributed by atoms with E-state index in [0.717, 1.165) is 31.0 Å². The van der Waals surface area contributed by atoms with E-state index in [1.807, 2.05) is 6.07 Å². The van der Waals surface area contributed by atoms with E-state index in [2.05, 4.69) is 29.4 Å². The number of nitrogens with two attached hydrogens (primary N) is 1. The normalized spacial score (nSPS) is 17.8. The van der Waals surface area contributed by atoms with Gasteiger partial charge in [0.1, 0.15) is 17.6 Å². The third-order valence-electron chi connectivity index (χ3n) is 4.09. The number of nitrogens with zero attached hydrogens (tertiary/aromatic N) is 3. The Morgan fingerprint density at radius 1 is 1.32 bits per heavy atom. The summed E-state index contributed by atoms with van der Waals surface area (Å²) < 4.78 is 2.13. The summed E-state index contributed by atoms with van der Waals surface area (Å²) in [5.41, 5.74) is 7.61. The molecule has 0 spiro atoms. The molecule has 4 heteroatoms. The fourth-order valence-electron chi connectivity index (χ4n) is 2.87. The maximum Gasteiger partial charge on any atom is 0.133 e. The minimum absolute atomic E-state index is 0.310. The zero-order valence-electron chi connectivity index (χ0n) is 12.0. The SMILES string of the molecule is CCC(C)n1c(C#N)cc(N)c1N1CCCCCC1. The highest BCUT2D eigenvalue weighted by molar-refractivity contribution is 5.68. The van der Waals surface area contributed by atoms with Crippen LogP contribution in [0.5, 0.6) is 0 Å². The van der Waals surface area contributed by atoms with Crippen LogP contribution >= 0.6 is 0 Å². The van der Waals surface area contributed by atoms with Gasteiger partial charge in [0, 0.05) is 19.1 Å². The fourth-order valence-corrected chi connectivity index (χ4v) is 2.87. The summed E-state index contributed by atoms with van der Waals surface area (Å²) >= 11 is 0. The van der Waals surface area contributed by atoms with Gasteiger partial charge in [-0.15, -0.1) is 0 Å². The largest absolute Gasteiger partial charge is 0.396 e. The van der Waals surface area contributed by atoms with Gasteiger partial charge in [-0.1, -0.05) is 19.8 Å². The van der Waals surface area contributed by atoms with Gasteiger partial charge >= 0.3 is 0 Å². The van der Waals surface area contributed by atoms with Gasteiger partial charge in [-0.25, -0.2) is 0 Å². The Morgan fingerprint density at radius 2 is 1.95 bits per heavy atom. The second kappa shape index (κ2) is 6.01. The Morgan fingerprint density at radius 3 is 2.47 bits per heavy atom. The lowest BCUT2D eigenvalue weighted by Gasteiger charge is -2.27. The topological polar surface area (TPSA) is 58.0 Å². The molecule has 1 aliphatic rings. The first-order valence-electron chi connectivity index (χ1n) is 7.34. The highest BCUT2D eigenvalue weighted by Gasteiger charge is 2.22. The van der Waals surface area contributed by atoms with E-state index in [9.17, 15) is 5.26 Å². The summed E-state index contributed by atoms with van der Waals surface area (Å²) in [7, 11) is 0. The van der Waals surface area contributed by atoms with Gasteiger partial charge in [0.2, 0.25) is 0 Å². The van der Waals surface area contributed by atoms with Crippen molar-refractivity contribution in [3.8, 4) is 6.07 Å². The van der Waals surface area contributed by atoms with Crippen molar-refractivity contribution in [2.24, 2.45) is 0 Å². The number of nitrogen functional groups attached to an aromatic ring is 1. The Balaban J connectivity index is 2.42. The molecule has 0 bridgehead atoms. The molecule has 1 unspecified atom stereocenters. The van der Waals surface area contributed by atoms with Crippen LogP contribution in [0.1, 0.15) is 57.7 Å². The maximum atomic E-state index is 9.31. The van der Waals surface area contributed by atoms with Gasteiger partial charge in [-0.3, -0.25) is 0 Å². The first kappa shape index (κ1) is 13.8. The van der Waals surface area contributed by atoms with Gasteiger partial charge < -0.3 is 15.2 Å². The molecule has 1 saturated heterocycles. The third kappa shape index (κ3) is 2.70. The molecule has 0 aliphatic carbocycles. The molecule has 0 radical (unpaired) electrons. The fraction of sp³-hybridized carbons (Fsp3) is 0.667. The van der Waals surface area contributed by atoms with Crippen molar-refractivity contribution in [1.29, 1.82) is 5.26 Å². The summed E-state index contributed by atoms with van der Waals surface area (Å²) in [6, 6.07) is 4.42. The number of rotatable bonds is 3. The zero-order chi connectivity index (χ0) is 13.8. The Labute approximate surface area is 115 Å². The molecule has 19 heavy (non-hydrogen) atoms. The Hall–Kier alpha value is -1.63. The molecule has 0 amide bonds. The second-order valence-electron chi connectivity index (χ2n) is 5.45. The lowest BCUT2D eigenvalue weighted by molar-refractivity contribution is 0.523. The monoisotopic (exact) mass is 260 g/mol. The van der Waals surface area contributed by atoms with Crippen LogP contribution in [-0.2, 0) is 0 Å². The van der Waals surface area contributed by atoms with E-state index >= 15 is 0 Å². The van der Waals surface area contributed by atoms with E-state index in [1.54, 1.807) is 0 Å². The lowest BCUT2D eigenvalue weighted by atomic mass is 10.2. The molecule has 0 aromatic carbocycles. The van der Waals surface area contributed by atoms with Crippen molar-refractivity contribution >= 4 is 11.5 Å². The van der Waals surface area contributed by atoms with Crippen LogP contribution in [0.3, 0.4) is 0 Å². The summed E-state index contributed by atoms with van der Waals surface area (Å²) in [4.78, 5) is 2.37. The van der Waals surface area contributed by atoms with Crippen LogP contribution in [0.4, 0.5) is 11.5 Å². The highest BCUT2D eigenvalue weighted by atomic mass is 15.3. The molecular weight excluding hydrogens is 236 g/mol. The molecule has 1 aromatic rings. The van der Waals surface area contributed by atoms with Crippen LogP contribution in [0.25, 0.3) is 0 Å². The van der Waals surface area contributed by atoms with Gasteiger partial charge in [-0.05, 0) is 32.3 Å². The van der Waals surface area contributed by atoms with Gasteiger partial charge in [0.25, 0.3) is 0 Å². The van der Waals surface area contributed by atoms with E-state index in [1.165, 1.54) is 25.7 Å². The van der Waals surface area contributed by atoms with E-state index < -0.39 is 0 Å². The number of nitriles is 1. The van der Waals surface area contributed by atoms with Crippen molar-refractivity contribution in [2.45, 2.75) is 52.0 Å². The van der Waals surface area contributed by atoms with Crippen molar-refractivity contribution < 1.29 is 0 Å². The number of hydrogen-bond acceptors (Lipinski definition) is 3. The summed E-state index contributed by atoms with van der Waals surface area (Å²) in [6.45, 7) is 6.40. The molecule has 1 aliphatic heterocycles. The molecule has 1 aromatic heterocycles. The van der Waals surface area contributed by atoms with Crippen LogP contribution < -0.4 is 10.6 Å².